The van der Waals surface area contributed by atoms with Gasteiger partial charge in [0, 0.05) is 33.2 Å². The second-order valence-electron chi connectivity index (χ2n) is 5.32. The van der Waals surface area contributed by atoms with Gasteiger partial charge >= 0.3 is 0 Å². The van der Waals surface area contributed by atoms with Crippen molar-refractivity contribution in [2.24, 2.45) is 5.10 Å². The number of thiol groups is 1. The Morgan fingerprint density at radius 3 is 2.57 bits per heavy atom. The van der Waals surface area contributed by atoms with Crippen LogP contribution in [0.5, 0.6) is 0 Å². The fraction of sp³-hybridized carbons (Fsp3) is 0.533. The Labute approximate surface area is 131 Å². The van der Waals surface area contributed by atoms with Crippen LogP contribution in [-0.2, 0) is 0 Å². The Balaban J connectivity index is 2.30. The number of hydrazone groups is 1. The van der Waals surface area contributed by atoms with Gasteiger partial charge in [-0.25, -0.2) is 8.80 Å². The summed E-state index contributed by atoms with van der Waals surface area (Å²) in [6, 6.07) is 5.12. The predicted octanol–water partition coefficient (Wildman–Crippen LogP) is 2.21. The van der Waals surface area contributed by atoms with Crippen LogP contribution in [0.3, 0.4) is 0 Å². The van der Waals surface area contributed by atoms with Crippen LogP contribution in [-0.4, -0.2) is 59.8 Å². The molecule has 0 bridgehead atoms. The molecule has 1 aliphatic rings. The maximum atomic E-state index is 14.2. The van der Waals surface area contributed by atoms with Gasteiger partial charge in [0.1, 0.15) is 5.82 Å². The fourth-order valence-electron chi connectivity index (χ4n) is 2.51. The zero-order chi connectivity index (χ0) is 15.4. The van der Waals surface area contributed by atoms with E-state index in [9.17, 15) is 4.39 Å². The van der Waals surface area contributed by atoms with Gasteiger partial charge in [-0.1, -0.05) is 18.6 Å². The van der Waals surface area contributed by atoms with Crippen LogP contribution in [0.1, 0.15) is 18.1 Å². The fourth-order valence-corrected chi connectivity index (χ4v) is 2.60. The minimum Gasteiger partial charge on any atom is -0.352 e. The molecule has 0 aliphatic carbocycles. The smallest absolute Gasteiger partial charge is 0.160 e. The molecule has 0 atom stereocenters. The summed E-state index contributed by atoms with van der Waals surface area (Å²) in [6.07, 6.45) is 0. The van der Waals surface area contributed by atoms with E-state index in [1.807, 2.05) is 13.0 Å². The molecule has 0 saturated carbocycles. The lowest BCUT2D eigenvalue weighted by atomic mass is 10.1. The summed E-state index contributed by atoms with van der Waals surface area (Å²) >= 11 is 4.19. The number of nitrogens with zero attached hydrogens (tertiary/aromatic N) is 4. The zero-order valence-corrected chi connectivity index (χ0v) is 13.8. The van der Waals surface area contributed by atoms with Gasteiger partial charge in [-0.05, 0) is 38.4 Å². The quantitative estimate of drug-likeness (QED) is 0.400. The minimum atomic E-state index is -0.243. The highest BCUT2D eigenvalue weighted by molar-refractivity contribution is 7.77. The van der Waals surface area contributed by atoms with Gasteiger partial charge in [-0.15, -0.1) is 5.10 Å². The second-order valence-corrected chi connectivity index (χ2v) is 5.90. The summed E-state index contributed by atoms with van der Waals surface area (Å²) < 4.78 is 15.6. The summed E-state index contributed by atoms with van der Waals surface area (Å²) in [6.45, 7) is 8.81. The van der Waals surface area contributed by atoms with Gasteiger partial charge in [-0.2, -0.15) is 0 Å². The number of likely N-dealkylation sites (N-methyl/N-ethyl adjacent to an activating group) is 1. The normalized spacial score (nSPS) is 17.2. The highest BCUT2D eigenvalue weighted by Gasteiger charge is 2.22. The third-order valence-electron chi connectivity index (χ3n) is 3.72. The van der Waals surface area contributed by atoms with Crippen molar-refractivity contribution in [2.75, 3.05) is 39.8 Å². The van der Waals surface area contributed by atoms with E-state index in [-0.39, 0.29) is 5.82 Å². The number of amidine groups is 1. The molecule has 1 saturated heterocycles. The van der Waals surface area contributed by atoms with Crippen molar-refractivity contribution in [3.05, 3.63) is 35.1 Å². The summed E-state index contributed by atoms with van der Waals surface area (Å²) in [5.41, 5.74) is 1.56. The van der Waals surface area contributed by atoms with E-state index in [0.29, 0.717) is 11.4 Å². The minimum absolute atomic E-state index is 0.243. The summed E-state index contributed by atoms with van der Waals surface area (Å²) in [7, 11) is 1.74. The van der Waals surface area contributed by atoms with E-state index >= 15 is 0 Å². The monoisotopic (exact) mass is 310 g/mol. The molecule has 1 aromatic rings. The van der Waals surface area contributed by atoms with Crippen molar-refractivity contribution < 1.29 is 4.39 Å². The lowest BCUT2D eigenvalue weighted by molar-refractivity contribution is 0.189. The molecule has 0 spiro atoms. The molecule has 2 rings (SSSR count). The van der Waals surface area contributed by atoms with Crippen LogP contribution in [0.15, 0.2) is 23.3 Å². The highest BCUT2D eigenvalue weighted by Crippen LogP contribution is 2.16. The standard InChI is InChI=1S/C15H23FN4S/c1-4-19-7-9-20(10-8-19)15(17-18(3)21)13-11-12(2)5-6-14(13)16/h5-6,11,21H,4,7-10H2,1-3H3. The number of piperazine rings is 1. The first-order valence-electron chi connectivity index (χ1n) is 7.26. The molecule has 0 amide bonds. The number of hydrogen-bond acceptors (Lipinski definition) is 4. The molecular formula is C15H23FN4S. The van der Waals surface area contributed by atoms with Gasteiger partial charge in [0.15, 0.2) is 5.84 Å². The van der Waals surface area contributed by atoms with E-state index in [2.05, 4.69) is 34.6 Å². The summed E-state index contributed by atoms with van der Waals surface area (Å²) in [5.74, 6) is 0.414. The molecule has 1 fully saturated rings. The Morgan fingerprint density at radius 1 is 1.33 bits per heavy atom. The molecule has 116 valence electrons. The lowest BCUT2D eigenvalue weighted by Crippen LogP contribution is -2.49. The van der Waals surface area contributed by atoms with Crippen molar-refractivity contribution >= 4 is 18.7 Å². The summed E-state index contributed by atoms with van der Waals surface area (Å²) in [4.78, 5) is 4.52. The van der Waals surface area contributed by atoms with Gasteiger partial charge in [0.2, 0.25) is 0 Å². The average molecular weight is 310 g/mol. The Kier molecular flexibility index (Phi) is 5.47. The topological polar surface area (TPSA) is 22.1 Å². The van der Waals surface area contributed by atoms with E-state index in [4.69, 9.17) is 0 Å². The van der Waals surface area contributed by atoms with Crippen molar-refractivity contribution in [2.45, 2.75) is 13.8 Å². The van der Waals surface area contributed by atoms with Crippen molar-refractivity contribution in [3.8, 4) is 0 Å². The molecule has 21 heavy (non-hydrogen) atoms. The van der Waals surface area contributed by atoms with Gasteiger partial charge in [-0.3, -0.25) is 0 Å². The second kappa shape index (κ2) is 7.13. The number of hydrogen-bond donors (Lipinski definition) is 1. The lowest BCUT2D eigenvalue weighted by Gasteiger charge is -2.36. The predicted molar refractivity (Wildman–Crippen MR) is 88.1 cm³/mol. The van der Waals surface area contributed by atoms with Crippen molar-refractivity contribution in [3.63, 3.8) is 0 Å². The molecule has 0 unspecified atom stereocenters. The van der Waals surface area contributed by atoms with Crippen molar-refractivity contribution in [1.82, 2.24) is 14.2 Å². The number of rotatable bonds is 3. The first kappa shape index (κ1) is 16.1. The maximum Gasteiger partial charge on any atom is 0.160 e. The van der Waals surface area contributed by atoms with Crippen LogP contribution < -0.4 is 0 Å². The third kappa shape index (κ3) is 4.11. The Hall–Kier alpha value is -1.27. The molecule has 0 aromatic heterocycles. The van der Waals surface area contributed by atoms with E-state index < -0.39 is 0 Å². The van der Waals surface area contributed by atoms with Gasteiger partial charge < -0.3 is 9.80 Å². The van der Waals surface area contributed by atoms with Gasteiger partial charge in [0.05, 0.1) is 5.56 Å². The number of aryl methyl sites for hydroxylation is 1. The SMILES string of the molecule is CCN1CCN(C(=NN(C)S)c2cc(C)ccc2F)CC1. The van der Waals surface area contributed by atoms with E-state index in [1.165, 1.54) is 10.5 Å². The van der Waals surface area contributed by atoms with E-state index in [1.54, 1.807) is 13.1 Å². The maximum absolute atomic E-state index is 14.2. The Morgan fingerprint density at radius 2 is 2.00 bits per heavy atom. The largest absolute Gasteiger partial charge is 0.352 e. The molecule has 1 heterocycles. The molecule has 6 heteroatoms. The molecular weight excluding hydrogens is 287 g/mol. The number of benzene rings is 1. The van der Waals surface area contributed by atoms with Gasteiger partial charge in [0.25, 0.3) is 0 Å². The first-order valence-corrected chi connectivity index (χ1v) is 7.66. The van der Waals surface area contributed by atoms with Crippen LogP contribution in [0.4, 0.5) is 4.39 Å². The summed E-state index contributed by atoms with van der Waals surface area (Å²) in [5, 5.41) is 4.41. The highest BCUT2D eigenvalue weighted by atomic mass is 32.1. The van der Waals surface area contributed by atoms with Crippen LogP contribution >= 0.6 is 12.8 Å². The number of halogens is 1. The average Bonchev–Trinajstić information content (AvgIpc) is 2.47. The Bertz CT molecular complexity index is 510. The molecule has 0 N–H and O–H groups in total. The van der Waals surface area contributed by atoms with E-state index in [0.717, 1.165) is 38.3 Å². The molecule has 4 nitrogen and oxygen atoms in total. The first-order chi connectivity index (χ1) is 10.0. The third-order valence-corrected chi connectivity index (χ3v) is 3.81. The van der Waals surface area contributed by atoms with Crippen molar-refractivity contribution in [1.29, 1.82) is 0 Å². The van der Waals surface area contributed by atoms with Crippen LogP contribution in [0.25, 0.3) is 0 Å². The molecule has 1 aromatic carbocycles. The zero-order valence-electron chi connectivity index (χ0n) is 12.9. The molecule has 1 aliphatic heterocycles. The molecule has 0 radical (unpaired) electrons. The van der Waals surface area contributed by atoms with Crippen LogP contribution in [0, 0.1) is 12.7 Å². The van der Waals surface area contributed by atoms with Crippen LogP contribution in [0.2, 0.25) is 0 Å².